The highest BCUT2D eigenvalue weighted by Gasteiger charge is 2.05. The van der Waals surface area contributed by atoms with Crippen molar-refractivity contribution >= 4 is 0 Å². The summed E-state index contributed by atoms with van der Waals surface area (Å²) in [6.07, 6.45) is 5.91. The molecule has 0 aliphatic heterocycles. The number of hydrogen-bond donors (Lipinski definition) is 1. The Morgan fingerprint density at radius 1 is 1.12 bits per heavy atom. The molecule has 1 N–H and O–H groups in total. The fraction of sp³-hybridized carbons (Fsp3) is 0.571. The average molecular weight is 224 g/mol. The molecule has 0 aliphatic carbocycles. The van der Waals surface area contributed by atoms with E-state index < -0.39 is 0 Å². The van der Waals surface area contributed by atoms with Crippen LogP contribution in [0.5, 0.6) is 0 Å². The summed E-state index contributed by atoms with van der Waals surface area (Å²) in [6.45, 7) is 2.18. The Balaban J connectivity index is 2.23. The molecule has 1 aromatic carbocycles. The summed E-state index contributed by atoms with van der Waals surface area (Å²) in [7, 11) is 0. The lowest BCUT2D eigenvalue weighted by molar-refractivity contribution is 0.161. The van der Waals surface area contributed by atoms with Crippen LogP contribution in [0.3, 0.4) is 0 Å². The SMILES string of the molecule is CCCCCCC(O)Cc1ccc(F)cc1. The van der Waals surface area contributed by atoms with Crippen molar-refractivity contribution < 1.29 is 9.50 Å². The summed E-state index contributed by atoms with van der Waals surface area (Å²) in [5, 5.41) is 9.78. The van der Waals surface area contributed by atoms with Crippen LogP contribution in [-0.2, 0) is 6.42 Å². The number of hydrogen-bond acceptors (Lipinski definition) is 1. The lowest BCUT2D eigenvalue weighted by atomic mass is 10.0. The zero-order valence-electron chi connectivity index (χ0n) is 9.95. The van der Waals surface area contributed by atoms with Crippen molar-refractivity contribution in [1.29, 1.82) is 0 Å². The van der Waals surface area contributed by atoms with Crippen molar-refractivity contribution in [3.63, 3.8) is 0 Å². The summed E-state index contributed by atoms with van der Waals surface area (Å²) in [5.74, 6) is -0.221. The van der Waals surface area contributed by atoms with Gasteiger partial charge in [0.25, 0.3) is 0 Å². The highest BCUT2D eigenvalue weighted by molar-refractivity contribution is 5.16. The van der Waals surface area contributed by atoms with Crippen LogP contribution in [0.25, 0.3) is 0 Å². The molecule has 0 radical (unpaired) electrons. The van der Waals surface area contributed by atoms with Crippen LogP contribution in [0.1, 0.15) is 44.6 Å². The first kappa shape index (κ1) is 13.2. The van der Waals surface area contributed by atoms with Gasteiger partial charge in [0.2, 0.25) is 0 Å². The van der Waals surface area contributed by atoms with E-state index in [2.05, 4.69) is 6.92 Å². The minimum atomic E-state index is -0.290. The molecule has 1 unspecified atom stereocenters. The van der Waals surface area contributed by atoms with Crippen LogP contribution >= 0.6 is 0 Å². The van der Waals surface area contributed by atoms with Crippen LogP contribution in [-0.4, -0.2) is 11.2 Å². The van der Waals surface area contributed by atoms with Gasteiger partial charge in [0, 0.05) is 0 Å². The monoisotopic (exact) mass is 224 g/mol. The number of aliphatic hydroxyl groups excluding tert-OH is 1. The van der Waals surface area contributed by atoms with E-state index >= 15 is 0 Å². The number of unbranched alkanes of at least 4 members (excludes halogenated alkanes) is 3. The van der Waals surface area contributed by atoms with E-state index in [1.807, 2.05) is 0 Å². The van der Waals surface area contributed by atoms with Gasteiger partial charge in [-0.05, 0) is 30.5 Å². The predicted molar refractivity (Wildman–Crippen MR) is 64.9 cm³/mol. The normalized spacial score (nSPS) is 12.7. The molecule has 0 aromatic heterocycles. The van der Waals surface area contributed by atoms with Crippen molar-refractivity contribution in [2.75, 3.05) is 0 Å². The van der Waals surface area contributed by atoms with Crippen LogP contribution in [0.2, 0.25) is 0 Å². The van der Waals surface area contributed by atoms with Gasteiger partial charge in [0.1, 0.15) is 5.82 Å². The van der Waals surface area contributed by atoms with Gasteiger partial charge < -0.3 is 5.11 Å². The molecule has 0 bridgehead atoms. The van der Waals surface area contributed by atoms with E-state index in [9.17, 15) is 9.50 Å². The molecular formula is C14H21FO. The second-order valence-electron chi connectivity index (χ2n) is 4.33. The maximum Gasteiger partial charge on any atom is 0.123 e. The van der Waals surface area contributed by atoms with E-state index in [4.69, 9.17) is 0 Å². The third-order valence-corrected chi connectivity index (χ3v) is 2.78. The summed E-state index contributed by atoms with van der Waals surface area (Å²) in [6, 6.07) is 6.37. The van der Waals surface area contributed by atoms with Gasteiger partial charge in [-0.2, -0.15) is 0 Å². The summed E-state index contributed by atoms with van der Waals surface area (Å²) in [4.78, 5) is 0. The molecule has 0 fully saturated rings. The topological polar surface area (TPSA) is 20.2 Å². The number of rotatable bonds is 7. The van der Waals surface area contributed by atoms with E-state index in [1.165, 1.54) is 31.4 Å². The van der Waals surface area contributed by atoms with Crippen LogP contribution in [0.4, 0.5) is 4.39 Å². The van der Waals surface area contributed by atoms with Gasteiger partial charge >= 0.3 is 0 Å². The Hall–Kier alpha value is -0.890. The maximum atomic E-state index is 12.6. The Labute approximate surface area is 97.3 Å². The van der Waals surface area contributed by atoms with E-state index in [-0.39, 0.29) is 11.9 Å². The van der Waals surface area contributed by atoms with Gasteiger partial charge in [-0.1, -0.05) is 44.7 Å². The van der Waals surface area contributed by atoms with Gasteiger partial charge in [-0.3, -0.25) is 0 Å². The fourth-order valence-corrected chi connectivity index (χ4v) is 1.80. The summed E-state index contributed by atoms with van der Waals surface area (Å²) >= 11 is 0. The first-order valence-electron chi connectivity index (χ1n) is 6.15. The summed E-state index contributed by atoms with van der Waals surface area (Å²) in [5.41, 5.74) is 1.00. The molecule has 16 heavy (non-hydrogen) atoms. The largest absolute Gasteiger partial charge is 0.393 e. The first-order valence-corrected chi connectivity index (χ1v) is 6.15. The highest BCUT2D eigenvalue weighted by atomic mass is 19.1. The molecule has 0 amide bonds. The fourth-order valence-electron chi connectivity index (χ4n) is 1.80. The van der Waals surface area contributed by atoms with E-state index in [1.54, 1.807) is 12.1 Å². The lowest BCUT2D eigenvalue weighted by Gasteiger charge is -2.10. The van der Waals surface area contributed by atoms with E-state index in [0.29, 0.717) is 6.42 Å². The van der Waals surface area contributed by atoms with Gasteiger partial charge in [-0.25, -0.2) is 4.39 Å². The van der Waals surface area contributed by atoms with Crippen molar-refractivity contribution in [2.45, 2.75) is 51.6 Å². The lowest BCUT2D eigenvalue weighted by Crippen LogP contribution is -2.10. The Bertz CT molecular complexity index is 281. The molecule has 1 nitrogen and oxygen atoms in total. The smallest absolute Gasteiger partial charge is 0.123 e. The number of halogens is 1. The van der Waals surface area contributed by atoms with Gasteiger partial charge in [0.15, 0.2) is 0 Å². The molecular weight excluding hydrogens is 203 g/mol. The molecule has 0 spiro atoms. The molecule has 0 heterocycles. The first-order chi connectivity index (χ1) is 7.72. The molecule has 1 atom stereocenters. The predicted octanol–water partition coefficient (Wildman–Crippen LogP) is 3.70. The molecule has 0 aliphatic rings. The average Bonchev–Trinajstić information content (AvgIpc) is 2.28. The van der Waals surface area contributed by atoms with Crippen molar-refractivity contribution in [2.24, 2.45) is 0 Å². The molecule has 2 heteroatoms. The molecule has 1 aromatic rings. The molecule has 0 saturated heterocycles. The van der Waals surface area contributed by atoms with Crippen molar-refractivity contribution in [3.05, 3.63) is 35.6 Å². The highest BCUT2D eigenvalue weighted by Crippen LogP contribution is 2.11. The third kappa shape index (κ3) is 5.26. The minimum Gasteiger partial charge on any atom is -0.393 e. The van der Waals surface area contributed by atoms with Crippen LogP contribution in [0, 0.1) is 5.82 Å². The standard InChI is InChI=1S/C14H21FO/c1-2-3-4-5-6-14(16)11-12-7-9-13(15)10-8-12/h7-10,14,16H,2-6,11H2,1H3. The quantitative estimate of drug-likeness (QED) is 0.700. The van der Waals surface area contributed by atoms with Crippen molar-refractivity contribution in [1.82, 2.24) is 0 Å². The Morgan fingerprint density at radius 3 is 2.44 bits per heavy atom. The number of benzene rings is 1. The van der Waals surface area contributed by atoms with E-state index in [0.717, 1.165) is 18.4 Å². The Morgan fingerprint density at radius 2 is 1.81 bits per heavy atom. The minimum absolute atomic E-state index is 0.221. The second kappa shape index (κ2) is 7.39. The molecule has 0 saturated carbocycles. The van der Waals surface area contributed by atoms with Gasteiger partial charge in [0.05, 0.1) is 6.10 Å². The Kier molecular flexibility index (Phi) is 6.09. The summed E-state index contributed by atoms with van der Waals surface area (Å²) < 4.78 is 12.6. The zero-order chi connectivity index (χ0) is 11.8. The van der Waals surface area contributed by atoms with Crippen LogP contribution < -0.4 is 0 Å². The third-order valence-electron chi connectivity index (χ3n) is 2.78. The molecule has 1 rings (SSSR count). The second-order valence-corrected chi connectivity index (χ2v) is 4.33. The van der Waals surface area contributed by atoms with Gasteiger partial charge in [-0.15, -0.1) is 0 Å². The van der Waals surface area contributed by atoms with Crippen molar-refractivity contribution in [3.8, 4) is 0 Å². The maximum absolute atomic E-state index is 12.6. The molecule has 90 valence electrons. The number of aliphatic hydroxyl groups is 1. The van der Waals surface area contributed by atoms with Crippen LogP contribution in [0.15, 0.2) is 24.3 Å². The zero-order valence-corrected chi connectivity index (χ0v) is 9.95.